The van der Waals surface area contributed by atoms with Crippen LogP contribution in [0.4, 0.5) is 0 Å². The predicted molar refractivity (Wildman–Crippen MR) is 86.4 cm³/mol. The number of aliphatic carboxylic acids is 1. The number of carbonyl (C=O) groups is 2. The third-order valence-electron chi connectivity index (χ3n) is 2.85. The van der Waals surface area contributed by atoms with Crippen LogP contribution in [-0.4, -0.2) is 38.4 Å². The lowest BCUT2D eigenvalue weighted by Gasteiger charge is -2.13. The van der Waals surface area contributed by atoms with Gasteiger partial charge in [-0.15, -0.1) is 0 Å². The van der Waals surface area contributed by atoms with E-state index in [1.807, 2.05) is 6.26 Å². The molecule has 6 nitrogen and oxygen atoms in total. The maximum absolute atomic E-state index is 12.6. The summed E-state index contributed by atoms with van der Waals surface area (Å²) in [6.45, 7) is 1.41. The molecule has 0 bridgehead atoms. The van der Waals surface area contributed by atoms with Crippen molar-refractivity contribution in [1.82, 2.24) is 9.19 Å². The van der Waals surface area contributed by atoms with Crippen molar-refractivity contribution in [1.29, 1.82) is 0 Å². The molecule has 1 heterocycles. The topological polar surface area (TPSA) is 81.4 Å². The molecule has 0 aliphatic rings. The van der Waals surface area contributed by atoms with E-state index in [0.29, 0.717) is 10.0 Å². The summed E-state index contributed by atoms with van der Waals surface area (Å²) in [6, 6.07) is 4.85. The Bertz CT molecular complexity index is 717. The summed E-state index contributed by atoms with van der Waals surface area (Å²) >= 11 is 4.66. The number of aromatic nitrogens is 2. The van der Waals surface area contributed by atoms with Gasteiger partial charge in [0.2, 0.25) is 0 Å². The molecule has 1 unspecified atom stereocenters. The van der Waals surface area contributed by atoms with Crippen molar-refractivity contribution in [2.45, 2.75) is 13.0 Å². The van der Waals surface area contributed by atoms with Gasteiger partial charge in [-0.1, -0.05) is 15.9 Å². The summed E-state index contributed by atoms with van der Waals surface area (Å²) in [5, 5.41) is 13.0. The number of nitrogens with zero attached hydrogens (tertiary/aromatic N) is 2. The molecule has 1 atom stereocenters. The maximum atomic E-state index is 12.6. The van der Waals surface area contributed by atoms with E-state index in [-0.39, 0.29) is 17.1 Å². The third-order valence-corrected chi connectivity index (χ3v) is 3.91. The molecule has 2 rings (SSSR count). The summed E-state index contributed by atoms with van der Waals surface area (Å²) in [5.41, 5.74) is 0.684. The highest BCUT2D eigenvalue weighted by Crippen LogP contribution is 2.27. The molecule has 1 N–H and O–H groups in total. The smallest absolute Gasteiger partial charge is 0.344 e. The summed E-state index contributed by atoms with van der Waals surface area (Å²) in [6.07, 6.45) is 3.85. The average molecular weight is 385 g/mol. The highest BCUT2D eigenvalue weighted by molar-refractivity contribution is 9.10. The number of carboxylic acid groups (broad SMARTS) is 1. The molecule has 0 aliphatic heterocycles. The number of carboxylic acids is 1. The van der Waals surface area contributed by atoms with Crippen LogP contribution in [0.1, 0.15) is 22.8 Å². The van der Waals surface area contributed by atoms with Gasteiger partial charge < -0.3 is 9.84 Å². The van der Waals surface area contributed by atoms with Gasteiger partial charge in [0.15, 0.2) is 11.9 Å². The highest BCUT2D eigenvalue weighted by atomic mass is 79.9. The third kappa shape index (κ3) is 3.69. The van der Waals surface area contributed by atoms with E-state index in [4.69, 9.17) is 9.84 Å². The second-order valence-corrected chi connectivity index (χ2v) is 6.04. The van der Waals surface area contributed by atoms with Crippen molar-refractivity contribution >= 4 is 39.6 Å². The van der Waals surface area contributed by atoms with Crippen molar-refractivity contribution < 1.29 is 19.4 Å². The molecule has 8 heteroatoms. The van der Waals surface area contributed by atoms with Gasteiger partial charge in [0, 0.05) is 16.9 Å². The lowest BCUT2D eigenvalue weighted by atomic mass is 10.1. The zero-order valence-corrected chi connectivity index (χ0v) is 14.2. The van der Waals surface area contributed by atoms with Crippen molar-refractivity contribution in [3.63, 3.8) is 0 Å². The van der Waals surface area contributed by atoms with Gasteiger partial charge in [0.1, 0.15) is 5.75 Å². The Morgan fingerprint density at radius 1 is 1.45 bits per heavy atom. The first kappa shape index (κ1) is 16.6. The van der Waals surface area contributed by atoms with Crippen molar-refractivity contribution in [2.24, 2.45) is 0 Å². The van der Waals surface area contributed by atoms with Crippen LogP contribution in [0.25, 0.3) is 0 Å². The Morgan fingerprint density at radius 3 is 2.77 bits per heavy atom. The molecule has 0 fully saturated rings. The van der Waals surface area contributed by atoms with Gasteiger partial charge >= 0.3 is 5.97 Å². The fourth-order valence-electron chi connectivity index (χ4n) is 1.70. The van der Waals surface area contributed by atoms with Crippen LogP contribution in [0.2, 0.25) is 0 Å². The van der Waals surface area contributed by atoms with Gasteiger partial charge in [-0.25, -0.2) is 8.88 Å². The Morgan fingerprint density at radius 2 is 2.18 bits per heavy atom. The van der Waals surface area contributed by atoms with Crippen LogP contribution in [0.3, 0.4) is 0 Å². The second kappa shape index (κ2) is 6.97. The minimum absolute atomic E-state index is 0.222. The highest BCUT2D eigenvalue weighted by Gasteiger charge is 2.20. The molecule has 116 valence electrons. The zero-order valence-electron chi connectivity index (χ0n) is 11.8. The van der Waals surface area contributed by atoms with E-state index in [1.54, 1.807) is 28.5 Å². The Labute approximate surface area is 139 Å². The predicted octanol–water partition coefficient (Wildman–Crippen LogP) is 2.85. The molecule has 1 aromatic carbocycles. The molecule has 2 aromatic rings. The van der Waals surface area contributed by atoms with Crippen molar-refractivity contribution in [2.75, 3.05) is 6.26 Å². The lowest BCUT2D eigenvalue weighted by molar-refractivity contribution is -0.144. The standard InChI is InChI=1S/C14H13BrN2O4S/c1-8(14(19)20)21-12-4-3-10(15)5-11(12)13(18)9-6-16-17(7-9)22-2/h3-8H,1-2H3,(H,19,20). The number of halogens is 1. The average Bonchev–Trinajstić information content (AvgIpc) is 2.97. The number of ether oxygens (including phenoxy) is 1. The van der Waals surface area contributed by atoms with E-state index in [1.165, 1.54) is 25.1 Å². The van der Waals surface area contributed by atoms with Crippen LogP contribution in [-0.2, 0) is 4.79 Å². The van der Waals surface area contributed by atoms with Crippen molar-refractivity contribution in [3.05, 3.63) is 46.2 Å². The molecular formula is C14H13BrN2O4S. The normalized spacial score (nSPS) is 12.0. The molecular weight excluding hydrogens is 372 g/mol. The van der Waals surface area contributed by atoms with E-state index in [0.717, 1.165) is 0 Å². The molecule has 1 aromatic heterocycles. The van der Waals surface area contributed by atoms with E-state index >= 15 is 0 Å². The summed E-state index contributed by atoms with van der Waals surface area (Å²) in [5.74, 6) is -1.16. The summed E-state index contributed by atoms with van der Waals surface area (Å²) < 4.78 is 7.62. The maximum Gasteiger partial charge on any atom is 0.344 e. The quantitative estimate of drug-likeness (QED) is 0.771. The number of hydrogen-bond acceptors (Lipinski definition) is 5. The van der Waals surface area contributed by atoms with Crippen LogP contribution < -0.4 is 4.74 Å². The lowest BCUT2D eigenvalue weighted by Crippen LogP contribution is -2.23. The monoisotopic (exact) mass is 384 g/mol. The first-order chi connectivity index (χ1) is 10.4. The van der Waals surface area contributed by atoms with E-state index in [9.17, 15) is 9.59 Å². The fourth-order valence-corrected chi connectivity index (χ4v) is 2.42. The zero-order chi connectivity index (χ0) is 16.3. The van der Waals surface area contributed by atoms with Gasteiger partial charge in [-0.05, 0) is 37.1 Å². The Hall–Kier alpha value is -1.80. The van der Waals surface area contributed by atoms with E-state index < -0.39 is 12.1 Å². The largest absolute Gasteiger partial charge is 0.479 e. The van der Waals surface area contributed by atoms with Crippen LogP contribution in [0, 0.1) is 0 Å². The molecule has 0 saturated heterocycles. The number of carbonyl (C=O) groups excluding carboxylic acids is 1. The van der Waals surface area contributed by atoms with Gasteiger partial charge in [0.25, 0.3) is 0 Å². The second-order valence-electron chi connectivity index (χ2n) is 4.38. The molecule has 0 amide bonds. The minimum atomic E-state index is -1.10. The Kier molecular flexibility index (Phi) is 5.25. The molecule has 0 radical (unpaired) electrons. The number of hydrogen-bond donors (Lipinski definition) is 1. The minimum Gasteiger partial charge on any atom is -0.479 e. The van der Waals surface area contributed by atoms with Crippen molar-refractivity contribution in [3.8, 4) is 5.75 Å². The van der Waals surface area contributed by atoms with Gasteiger partial charge in [-0.2, -0.15) is 5.10 Å². The number of benzene rings is 1. The number of rotatable bonds is 6. The first-order valence-electron chi connectivity index (χ1n) is 6.25. The first-order valence-corrected chi connectivity index (χ1v) is 8.22. The van der Waals surface area contributed by atoms with E-state index in [2.05, 4.69) is 21.0 Å². The molecule has 0 spiro atoms. The van der Waals surface area contributed by atoms with Gasteiger partial charge in [0.05, 0.1) is 17.3 Å². The number of ketones is 1. The summed E-state index contributed by atoms with van der Waals surface area (Å²) in [7, 11) is 0. The Balaban J connectivity index is 2.37. The van der Waals surface area contributed by atoms with Crippen LogP contribution >= 0.6 is 27.9 Å². The van der Waals surface area contributed by atoms with Crippen LogP contribution in [0.15, 0.2) is 35.1 Å². The van der Waals surface area contributed by atoms with Gasteiger partial charge in [-0.3, -0.25) is 4.79 Å². The van der Waals surface area contributed by atoms with Crippen LogP contribution in [0.5, 0.6) is 5.75 Å². The summed E-state index contributed by atoms with van der Waals surface area (Å²) in [4.78, 5) is 23.5. The fraction of sp³-hybridized carbons (Fsp3) is 0.214. The molecule has 22 heavy (non-hydrogen) atoms. The molecule has 0 saturated carbocycles. The SMILES string of the molecule is CSn1cc(C(=O)c2cc(Br)ccc2OC(C)C(=O)O)cn1. The molecule has 0 aliphatic carbocycles.